The standard InChI is InChI=1S/C18H18FN5O3/c19-10-4-3-5-11(8-10)20-16(26)12-9-13(25)21-15-14(12)17(27)23-18(22-15)24-6-1-2-7-24/h3-5,8,12H,1-2,6-7,9H2,(H,20,26)(H2,21,22,23,25,27). The van der Waals surface area contributed by atoms with Crippen molar-refractivity contribution in [1.29, 1.82) is 0 Å². The van der Waals surface area contributed by atoms with E-state index in [1.807, 2.05) is 4.90 Å². The number of anilines is 3. The highest BCUT2D eigenvalue weighted by Gasteiger charge is 2.35. The third kappa shape index (κ3) is 3.40. The van der Waals surface area contributed by atoms with Crippen molar-refractivity contribution in [3.8, 4) is 0 Å². The molecule has 140 valence electrons. The Morgan fingerprint density at radius 2 is 2.04 bits per heavy atom. The topological polar surface area (TPSA) is 107 Å². The highest BCUT2D eigenvalue weighted by Crippen LogP contribution is 2.30. The van der Waals surface area contributed by atoms with Gasteiger partial charge in [-0.1, -0.05) is 6.07 Å². The summed E-state index contributed by atoms with van der Waals surface area (Å²) in [5, 5.41) is 5.15. The summed E-state index contributed by atoms with van der Waals surface area (Å²) in [6, 6.07) is 5.42. The van der Waals surface area contributed by atoms with Crippen LogP contribution in [0.3, 0.4) is 0 Å². The third-order valence-electron chi connectivity index (χ3n) is 4.75. The summed E-state index contributed by atoms with van der Waals surface area (Å²) in [6.07, 6.45) is 1.83. The fourth-order valence-corrected chi connectivity index (χ4v) is 3.46. The van der Waals surface area contributed by atoms with Crippen molar-refractivity contribution in [1.82, 2.24) is 9.97 Å². The Balaban J connectivity index is 1.66. The zero-order valence-corrected chi connectivity index (χ0v) is 14.4. The fraction of sp³-hybridized carbons (Fsp3) is 0.333. The molecule has 0 saturated carbocycles. The smallest absolute Gasteiger partial charge is 0.258 e. The molecule has 2 aliphatic heterocycles. The quantitative estimate of drug-likeness (QED) is 0.759. The maximum atomic E-state index is 13.3. The summed E-state index contributed by atoms with van der Waals surface area (Å²) >= 11 is 0. The van der Waals surface area contributed by atoms with Crippen molar-refractivity contribution in [2.24, 2.45) is 0 Å². The first-order chi connectivity index (χ1) is 13.0. The lowest BCUT2D eigenvalue weighted by Crippen LogP contribution is -2.37. The maximum absolute atomic E-state index is 13.3. The number of amides is 2. The van der Waals surface area contributed by atoms with Crippen molar-refractivity contribution in [3.63, 3.8) is 0 Å². The molecule has 2 amide bonds. The van der Waals surface area contributed by atoms with Crippen molar-refractivity contribution >= 4 is 29.3 Å². The first kappa shape index (κ1) is 17.2. The number of nitrogens with one attached hydrogen (secondary N) is 3. The van der Waals surface area contributed by atoms with E-state index in [9.17, 15) is 18.8 Å². The van der Waals surface area contributed by atoms with Crippen LogP contribution in [0.4, 0.5) is 21.8 Å². The highest BCUT2D eigenvalue weighted by atomic mass is 19.1. The van der Waals surface area contributed by atoms with Crippen LogP contribution in [-0.2, 0) is 9.59 Å². The molecule has 1 saturated heterocycles. The van der Waals surface area contributed by atoms with Crippen LogP contribution in [0, 0.1) is 5.82 Å². The molecular formula is C18H18FN5O3. The lowest BCUT2D eigenvalue weighted by Gasteiger charge is -2.25. The SMILES string of the molecule is O=C1CC(C(=O)Nc2cccc(F)c2)c2c(nc(N3CCCC3)[nH]c2=O)N1. The van der Waals surface area contributed by atoms with Crippen molar-refractivity contribution in [3.05, 3.63) is 46.0 Å². The highest BCUT2D eigenvalue weighted by molar-refractivity contribution is 6.04. The van der Waals surface area contributed by atoms with E-state index in [0.29, 0.717) is 5.95 Å². The minimum atomic E-state index is -0.999. The van der Waals surface area contributed by atoms with E-state index in [-0.39, 0.29) is 23.5 Å². The second-order valence-corrected chi connectivity index (χ2v) is 6.65. The first-order valence-corrected chi connectivity index (χ1v) is 8.77. The Hall–Kier alpha value is -3.23. The fourth-order valence-electron chi connectivity index (χ4n) is 3.46. The molecule has 2 aromatic rings. The van der Waals surface area contributed by atoms with Gasteiger partial charge in [-0.2, -0.15) is 4.98 Å². The molecule has 2 aliphatic rings. The van der Waals surface area contributed by atoms with Crippen LogP contribution in [0.15, 0.2) is 29.1 Å². The summed E-state index contributed by atoms with van der Waals surface area (Å²) in [6.45, 7) is 1.55. The average Bonchev–Trinajstić information content (AvgIpc) is 3.15. The molecule has 0 bridgehead atoms. The number of H-pyrrole nitrogens is 1. The molecule has 1 unspecified atom stereocenters. The molecule has 3 heterocycles. The monoisotopic (exact) mass is 371 g/mol. The minimum Gasteiger partial charge on any atom is -0.342 e. The molecule has 1 fully saturated rings. The number of aromatic amines is 1. The minimum absolute atomic E-state index is 0.108. The Bertz CT molecular complexity index is 968. The van der Waals surface area contributed by atoms with Gasteiger partial charge in [-0.25, -0.2) is 4.39 Å². The number of halogens is 1. The molecular weight excluding hydrogens is 353 g/mol. The molecule has 1 aromatic carbocycles. The predicted molar refractivity (Wildman–Crippen MR) is 97.3 cm³/mol. The number of carbonyl (C=O) groups is 2. The zero-order valence-electron chi connectivity index (χ0n) is 14.4. The number of benzene rings is 1. The Morgan fingerprint density at radius 3 is 2.78 bits per heavy atom. The Morgan fingerprint density at radius 1 is 1.26 bits per heavy atom. The number of hydrogen-bond acceptors (Lipinski definition) is 5. The molecule has 1 atom stereocenters. The van der Waals surface area contributed by atoms with Gasteiger partial charge in [0.2, 0.25) is 17.8 Å². The van der Waals surface area contributed by atoms with Gasteiger partial charge in [0, 0.05) is 25.2 Å². The lowest BCUT2D eigenvalue weighted by molar-refractivity contribution is -0.123. The normalized spacial score (nSPS) is 18.8. The third-order valence-corrected chi connectivity index (χ3v) is 4.75. The number of rotatable bonds is 3. The molecule has 0 radical (unpaired) electrons. The summed E-state index contributed by atoms with van der Waals surface area (Å²) < 4.78 is 13.3. The second-order valence-electron chi connectivity index (χ2n) is 6.65. The number of carbonyl (C=O) groups excluding carboxylic acids is 2. The van der Waals surface area contributed by atoms with Gasteiger partial charge in [0.1, 0.15) is 11.6 Å². The van der Waals surface area contributed by atoms with Crippen LogP contribution in [0.1, 0.15) is 30.7 Å². The molecule has 3 N–H and O–H groups in total. The van der Waals surface area contributed by atoms with Gasteiger partial charge in [-0.3, -0.25) is 19.4 Å². The van der Waals surface area contributed by atoms with Crippen molar-refractivity contribution in [2.75, 3.05) is 28.6 Å². The van der Waals surface area contributed by atoms with E-state index < -0.39 is 29.1 Å². The average molecular weight is 371 g/mol. The van der Waals surface area contributed by atoms with E-state index in [0.717, 1.165) is 25.9 Å². The largest absolute Gasteiger partial charge is 0.342 e. The predicted octanol–water partition coefficient (Wildman–Crippen LogP) is 1.57. The van der Waals surface area contributed by atoms with Gasteiger partial charge in [0.25, 0.3) is 5.56 Å². The van der Waals surface area contributed by atoms with Gasteiger partial charge in [-0.05, 0) is 31.0 Å². The number of aromatic nitrogens is 2. The lowest BCUT2D eigenvalue weighted by atomic mass is 9.92. The van der Waals surface area contributed by atoms with E-state index >= 15 is 0 Å². The summed E-state index contributed by atoms with van der Waals surface area (Å²) in [5.74, 6) is -1.95. The molecule has 0 spiro atoms. The maximum Gasteiger partial charge on any atom is 0.258 e. The van der Waals surface area contributed by atoms with Gasteiger partial charge in [0.05, 0.1) is 11.5 Å². The van der Waals surface area contributed by atoms with Gasteiger partial charge < -0.3 is 15.5 Å². The van der Waals surface area contributed by atoms with Crippen LogP contribution in [0.5, 0.6) is 0 Å². The van der Waals surface area contributed by atoms with E-state index in [1.54, 1.807) is 0 Å². The number of nitrogens with zero attached hydrogens (tertiary/aromatic N) is 2. The van der Waals surface area contributed by atoms with Crippen molar-refractivity contribution in [2.45, 2.75) is 25.2 Å². The van der Waals surface area contributed by atoms with Crippen LogP contribution < -0.4 is 21.1 Å². The number of fused-ring (bicyclic) bond motifs is 1. The summed E-state index contributed by atoms with van der Waals surface area (Å²) in [5.41, 5.74) is -0.0849. The second kappa shape index (κ2) is 6.82. The van der Waals surface area contributed by atoms with E-state index in [4.69, 9.17) is 0 Å². The summed E-state index contributed by atoms with van der Waals surface area (Å²) in [4.78, 5) is 46.4. The first-order valence-electron chi connectivity index (χ1n) is 8.77. The molecule has 27 heavy (non-hydrogen) atoms. The summed E-state index contributed by atoms with van der Waals surface area (Å²) in [7, 11) is 0. The molecule has 8 nitrogen and oxygen atoms in total. The van der Waals surface area contributed by atoms with Gasteiger partial charge in [0.15, 0.2) is 0 Å². The molecule has 1 aromatic heterocycles. The molecule has 4 rings (SSSR count). The molecule has 9 heteroatoms. The van der Waals surface area contributed by atoms with Crippen LogP contribution >= 0.6 is 0 Å². The van der Waals surface area contributed by atoms with Crippen LogP contribution in [-0.4, -0.2) is 34.9 Å². The Labute approximate surface area is 153 Å². The number of hydrogen-bond donors (Lipinski definition) is 3. The van der Waals surface area contributed by atoms with Gasteiger partial charge >= 0.3 is 0 Å². The Kier molecular flexibility index (Phi) is 4.35. The molecule has 0 aliphatic carbocycles. The van der Waals surface area contributed by atoms with Crippen molar-refractivity contribution < 1.29 is 14.0 Å². The van der Waals surface area contributed by atoms with E-state index in [1.165, 1.54) is 24.3 Å². The van der Waals surface area contributed by atoms with E-state index in [2.05, 4.69) is 20.6 Å². The van der Waals surface area contributed by atoms with Crippen LogP contribution in [0.25, 0.3) is 0 Å². The van der Waals surface area contributed by atoms with Crippen LogP contribution in [0.2, 0.25) is 0 Å². The van der Waals surface area contributed by atoms with Gasteiger partial charge in [-0.15, -0.1) is 0 Å². The zero-order chi connectivity index (χ0) is 19.0.